The fourth-order valence-corrected chi connectivity index (χ4v) is 6.15. The van der Waals surface area contributed by atoms with Gasteiger partial charge in [-0.2, -0.15) is 0 Å². The minimum Gasteiger partial charge on any atom is -0.347 e. The minimum atomic E-state index is -0.275. The van der Waals surface area contributed by atoms with Gasteiger partial charge in [0.1, 0.15) is 5.82 Å². The number of fused-ring (bicyclic) bond motifs is 2. The number of amides is 1. The third-order valence-electron chi connectivity index (χ3n) is 7.76. The maximum atomic E-state index is 13.9. The average Bonchev–Trinajstić information content (AvgIpc) is 3.33. The lowest BCUT2D eigenvalue weighted by Crippen LogP contribution is -2.48. The molecule has 3 aromatic rings. The molecule has 0 bridgehead atoms. The van der Waals surface area contributed by atoms with Crippen LogP contribution < -0.4 is 5.32 Å². The number of nitrogens with zero attached hydrogens (tertiary/aromatic N) is 1. The molecule has 5 rings (SSSR count). The number of halogens is 2. The van der Waals surface area contributed by atoms with E-state index in [0.717, 1.165) is 36.6 Å². The summed E-state index contributed by atoms with van der Waals surface area (Å²) >= 11 is 5.95. The number of nitrogens with one attached hydrogen (secondary N) is 1. The van der Waals surface area contributed by atoms with E-state index < -0.39 is 0 Å². The topological polar surface area (TPSA) is 42.0 Å². The second kappa shape index (κ2) is 8.15. The van der Waals surface area contributed by atoms with Crippen LogP contribution in [0.1, 0.15) is 61.4 Å². The SMILES string of the molecule is CC(C)(NC(=O)c1ccc(Cl)cc1)[C@H]1C[C@H]2C[C@@H](c3ccnc4ccc(F)cc34)C[C@H]2C1. The van der Waals surface area contributed by atoms with Gasteiger partial charge in [0.05, 0.1) is 5.52 Å². The molecule has 1 N–H and O–H groups in total. The molecule has 166 valence electrons. The minimum absolute atomic E-state index is 0.0492. The van der Waals surface area contributed by atoms with Crippen LogP contribution in [0.15, 0.2) is 54.7 Å². The van der Waals surface area contributed by atoms with Gasteiger partial charge in [-0.05, 0) is 117 Å². The molecule has 1 heterocycles. The Hall–Kier alpha value is -2.46. The van der Waals surface area contributed by atoms with Crippen LogP contribution in [0.2, 0.25) is 5.02 Å². The Morgan fingerprint density at radius 2 is 1.72 bits per heavy atom. The Labute approximate surface area is 193 Å². The van der Waals surface area contributed by atoms with Crippen LogP contribution in [0.4, 0.5) is 4.39 Å². The summed E-state index contributed by atoms with van der Waals surface area (Å²) in [6.45, 7) is 4.28. The number of rotatable bonds is 4. The Kier molecular flexibility index (Phi) is 5.45. The average molecular weight is 451 g/mol. The lowest BCUT2D eigenvalue weighted by molar-refractivity contribution is 0.0877. The molecular weight excluding hydrogens is 423 g/mol. The molecule has 2 aliphatic rings. The molecule has 3 nitrogen and oxygen atoms in total. The number of pyridine rings is 1. The van der Waals surface area contributed by atoms with Gasteiger partial charge in [0.25, 0.3) is 5.91 Å². The highest BCUT2D eigenvalue weighted by Gasteiger charge is 2.47. The van der Waals surface area contributed by atoms with Gasteiger partial charge < -0.3 is 5.32 Å². The Bertz CT molecular complexity index is 1150. The van der Waals surface area contributed by atoms with Gasteiger partial charge in [0, 0.05) is 27.7 Å². The largest absolute Gasteiger partial charge is 0.347 e. The predicted molar refractivity (Wildman–Crippen MR) is 126 cm³/mol. The van der Waals surface area contributed by atoms with Crippen molar-refractivity contribution in [1.82, 2.24) is 10.3 Å². The number of hydrogen-bond acceptors (Lipinski definition) is 2. The third-order valence-corrected chi connectivity index (χ3v) is 8.01. The molecular formula is C27H28ClFN2O. The molecule has 0 saturated heterocycles. The molecule has 2 fully saturated rings. The standard InChI is InChI=1S/C27H28ClFN2O/c1-27(2,31-26(32)16-3-5-21(28)6-4-16)20-13-17-11-19(12-18(17)14-20)23-9-10-30-25-8-7-22(29)15-24(23)25/h3-10,15,17-20H,11-14H2,1-2H3,(H,31,32)/t17-,18+,19-,20+. The van der Waals surface area contributed by atoms with Gasteiger partial charge in [-0.3, -0.25) is 9.78 Å². The molecule has 32 heavy (non-hydrogen) atoms. The molecule has 0 unspecified atom stereocenters. The Morgan fingerprint density at radius 3 is 2.41 bits per heavy atom. The third kappa shape index (κ3) is 4.01. The van der Waals surface area contributed by atoms with Crippen molar-refractivity contribution >= 4 is 28.4 Å². The molecule has 0 spiro atoms. The summed E-state index contributed by atoms with van der Waals surface area (Å²) in [6, 6.07) is 14.0. The van der Waals surface area contributed by atoms with Crippen LogP contribution in [-0.2, 0) is 0 Å². The van der Waals surface area contributed by atoms with Crippen LogP contribution in [0.5, 0.6) is 0 Å². The van der Waals surface area contributed by atoms with E-state index in [0.29, 0.717) is 34.3 Å². The summed E-state index contributed by atoms with van der Waals surface area (Å²) in [5.41, 5.74) is 2.46. The number of carbonyl (C=O) groups is 1. The van der Waals surface area contributed by atoms with Gasteiger partial charge in [0.2, 0.25) is 0 Å². The van der Waals surface area contributed by atoms with E-state index in [4.69, 9.17) is 11.6 Å². The first kappa shape index (κ1) is 21.4. The molecule has 0 radical (unpaired) electrons. The van der Waals surface area contributed by atoms with Crippen LogP contribution in [-0.4, -0.2) is 16.4 Å². The molecule has 4 atom stereocenters. The lowest BCUT2D eigenvalue weighted by atomic mass is 9.82. The number of hydrogen-bond donors (Lipinski definition) is 1. The van der Waals surface area contributed by atoms with Crippen molar-refractivity contribution in [2.75, 3.05) is 0 Å². The van der Waals surface area contributed by atoms with E-state index >= 15 is 0 Å². The number of benzene rings is 2. The molecule has 5 heteroatoms. The maximum Gasteiger partial charge on any atom is 0.251 e. The van der Waals surface area contributed by atoms with Crippen LogP contribution in [0, 0.1) is 23.6 Å². The van der Waals surface area contributed by atoms with Crippen molar-refractivity contribution in [1.29, 1.82) is 0 Å². The summed E-state index contributed by atoms with van der Waals surface area (Å²) in [6.07, 6.45) is 6.33. The number of carbonyl (C=O) groups excluding carboxylic acids is 1. The summed E-state index contributed by atoms with van der Waals surface area (Å²) in [4.78, 5) is 17.2. The highest BCUT2D eigenvalue weighted by atomic mass is 35.5. The molecule has 1 amide bonds. The zero-order chi connectivity index (χ0) is 22.5. The van der Waals surface area contributed by atoms with E-state index in [9.17, 15) is 9.18 Å². The highest BCUT2D eigenvalue weighted by molar-refractivity contribution is 6.30. The Morgan fingerprint density at radius 1 is 1.03 bits per heavy atom. The van der Waals surface area contributed by atoms with Gasteiger partial charge in [-0.25, -0.2) is 4.39 Å². The lowest BCUT2D eigenvalue weighted by Gasteiger charge is -2.34. The van der Waals surface area contributed by atoms with E-state index in [1.807, 2.05) is 6.20 Å². The second-order valence-electron chi connectivity index (χ2n) is 10.1. The first-order chi connectivity index (χ1) is 15.3. The van der Waals surface area contributed by atoms with Crippen LogP contribution in [0.3, 0.4) is 0 Å². The quantitative estimate of drug-likeness (QED) is 0.477. The van der Waals surface area contributed by atoms with Crippen molar-refractivity contribution in [3.8, 4) is 0 Å². The first-order valence-corrected chi connectivity index (χ1v) is 11.8. The van der Waals surface area contributed by atoms with Gasteiger partial charge in [-0.1, -0.05) is 11.6 Å². The molecule has 2 aromatic carbocycles. The summed E-state index contributed by atoms with van der Waals surface area (Å²) < 4.78 is 13.9. The van der Waals surface area contributed by atoms with E-state index in [2.05, 4.69) is 30.2 Å². The molecule has 2 saturated carbocycles. The fraction of sp³-hybridized carbons (Fsp3) is 0.407. The van der Waals surface area contributed by atoms with Crippen LogP contribution >= 0.6 is 11.6 Å². The zero-order valence-corrected chi connectivity index (χ0v) is 19.2. The van der Waals surface area contributed by atoms with Crippen molar-refractivity contribution < 1.29 is 9.18 Å². The molecule has 1 aromatic heterocycles. The predicted octanol–water partition coefficient (Wildman–Crippen LogP) is 6.76. The van der Waals surface area contributed by atoms with Crippen molar-refractivity contribution in [3.05, 3.63) is 76.7 Å². The van der Waals surface area contributed by atoms with E-state index in [1.54, 1.807) is 36.4 Å². The Balaban J connectivity index is 1.27. The van der Waals surface area contributed by atoms with Crippen LogP contribution in [0.25, 0.3) is 10.9 Å². The van der Waals surface area contributed by atoms with Gasteiger partial charge >= 0.3 is 0 Å². The summed E-state index contributed by atoms with van der Waals surface area (Å²) in [5.74, 6) is 1.93. The van der Waals surface area contributed by atoms with E-state index in [-0.39, 0.29) is 17.3 Å². The molecule has 0 aliphatic heterocycles. The highest BCUT2D eigenvalue weighted by Crippen LogP contribution is 2.55. The maximum absolute atomic E-state index is 13.9. The number of aromatic nitrogens is 1. The monoisotopic (exact) mass is 450 g/mol. The van der Waals surface area contributed by atoms with Crippen molar-refractivity contribution in [2.24, 2.45) is 17.8 Å². The van der Waals surface area contributed by atoms with Gasteiger partial charge in [-0.15, -0.1) is 0 Å². The fourth-order valence-electron chi connectivity index (χ4n) is 6.02. The first-order valence-electron chi connectivity index (χ1n) is 11.4. The zero-order valence-electron chi connectivity index (χ0n) is 18.4. The second-order valence-corrected chi connectivity index (χ2v) is 10.5. The summed E-state index contributed by atoms with van der Waals surface area (Å²) in [5, 5.41) is 4.84. The summed E-state index contributed by atoms with van der Waals surface area (Å²) in [7, 11) is 0. The normalized spacial score (nSPS) is 25.1. The van der Waals surface area contributed by atoms with Crippen molar-refractivity contribution in [2.45, 2.75) is 51.0 Å². The van der Waals surface area contributed by atoms with E-state index in [1.165, 1.54) is 11.6 Å². The molecule has 2 aliphatic carbocycles. The van der Waals surface area contributed by atoms with Crippen molar-refractivity contribution in [3.63, 3.8) is 0 Å². The smallest absolute Gasteiger partial charge is 0.251 e. The van der Waals surface area contributed by atoms with Gasteiger partial charge in [0.15, 0.2) is 0 Å².